The molecule has 0 saturated carbocycles. The molecule has 0 aliphatic carbocycles. The Hall–Kier alpha value is -0.130. The summed E-state index contributed by atoms with van der Waals surface area (Å²) in [7, 11) is -3.16. The molecule has 0 spiro atoms. The molecule has 1 fully saturated rings. The summed E-state index contributed by atoms with van der Waals surface area (Å²) in [5.41, 5.74) is 0. The topological polar surface area (TPSA) is 55.4 Å². The number of nitrogens with one attached hydrogen (secondary N) is 1. The van der Waals surface area contributed by atoms with E-state index in [4.69, 9.17) is 0 Å². The van der Waals surface area contributed by atoms with Gasteiger partial charge in [-0.25, -0.2) is 0 Å². The molecule has 1 aliphatic heterocycles. The summed E-state index contributed by atoms with van der Waals surface area (Å²) in [6.07, 6.45) is 0. The van der Waals surface area contributed by atoms with Crippen LogP contribution >= 0.6 is 0 Å². The van der Waals surface area contributed by atoms with Gasteiger partial charge >= 0.3 is 0 Å². The number of hydrogen-bond acceptors (Lipinski definition) is 4. The van der Waals surface area contributed by atoms with Crippen molar-refractivity contribution in [3.05, 3.63) is 0 Å². The van der Waals surface area contributed by atoms with E-state index in [0.717, 1.165) is 0 Å². The van der Waals surface area contributed by atoms with E-state index in [1.54, 1.807) is 0 Å². The smallest absolute Gasteiger partial charge is 0.278 e. The van der Waals surface area contributed by atoms with Gasteiger partial charge in [-0.3, -0.25) is 9.50 Å². The largest absolute Gasteiger partial charge is 0.281 e. The van der Waals surface area contributed by atoms with Gasteiger partial charge in [-0.05, 0) is 0 Å². The standard InChI is InChI=1S/C2H5NO3S/c4-7(5)2-3-1-6-7/h3H,1-2H2. The molecule has 7 heavy (non-hydrogen) atoms. The van der Waals surface area contributed by atoms with Gasteiger partial charge in [0.15, 0.2) is 0 Å². The molecular formula is C2H5NO3S. The first-order valence-corrected chi connectivity index (χ1v) is 3.36. The molecule has 1 N–H and O–H groups in total. The molecule has 0 bridgehead atoms. The van der Waals surface area contributed by atoms with Crippen molar-refractivity contribution in [2.45, 2.75) is 0 Å². The minimum Gasteiger partial charge on any atom is -0.278 e. The van der Waals surface area contributed by atoms with Crippen LogP contribution in [0.2, 0.25) is 0 Å². The van der Waals surface area contributed by atoms with Gasteiger partial charge in [0.25, 0.3) is 10.1 Å². The molecule has 0 aromatic rings. The van der Waals surface area contributed by atoms with Crippen molar-refractivity contribution >= 4 is 10.1 Å². The maximum absolute atomic E-state index is 10.1. The average molecular weight is 123 g/mol. The van der Waals surface area contributed by atoms with Crippen LogP contribution in [0.4, 0.5) is 0 Å². The van der Waals surface area contributed by atoms with E-state index in [0.29, 0.717) is 0 Å². The van der Waals surface area contributed by atoms with E-state index < -0.39 is 10.1 Å². The monoisotopic (exact) mass is 123 g/mol. The lowest BCUT2D eigenvalue weighted by Crippen LogP contribution is -2.07. The van der Waals surface area contributed by atoms with Crippen LogP contribution in [0, 0.1) is 0 Å². The van der Waals surface area contributed by atoms with Gasteiger partial charge in [-0.15, -0.1) is 0 Å². The van der Waals surface area contributed by atoms with E-state index in [9.17, 15) is 8.42 Å². The Balaban J connectivity index is 2.76. The second-order valence-corrected chi connectivity index (χ2v) is 2.85. The molecule has 5 heteroatoms. The highest BCUT2D eigenvalue weighted by Crippen LogP contribution is 1.94. The van der Waals surface area contributed by atoms with Crippen LogP contribution in [0.5, 0.6) is 0 Å². The predicted octanol–water partition coefficient (Wildman–Crippen LogP) is -1.15. The van der Waals surface area contributed by atoms with Crippen LogP contribution in [0.15, 0.2) is 0 Å². The van der Waals surface area contributed by atoms with Crippen molar-refractivity contribution in [3.8, 4) is 0 Å². The highest BCUT2D eigenvalue weighted by molar-refractivity contribution is 7.86. The lowest BCUT2D eigenvalue weighted by atomic mass is 11.2. The summed E-state index contributed by atoms with van der Waals surface area (Å²) in [6.45, 7) is 0.127. The van der Waals surface area contributed by atoms with E-state index >= 15 is 0 Å². The first kappa shape index (κ1) is 5.02. The third-order valence-electron chi connectivity index (χ3n) is 0.619. The molecule has 1 aliphatic rings. The van der Waals surface area contributed by atoms with Gasteiger partial charge in [-0.2, -0.15) is 8.42 Å². The van der Waals surface area contributed by atoms with Crippen LogP contribution in [0.3, 0.4) is 0 Å². The molecular weight excluding hydrogens is 118 g/mol. The minimum atomic E-state index is -3.16. The summed E-state index contributed by atoms with van der Waals surface area (Å²) >= 11 is 0. The van der Waals surface area contributed by atoms with Crippen LogP contribution in [0.25, 0.3) is 0 Å². The van der Waals surface area contributed by atoms with Crippen LogP contribution in [0.1, 0.15) is 0 Å². The fourth-order valence-electron chi connectivity index (χ4n) is 0.340. The van der Waals surface area contributed by atoms with Gasteiger partial charge in [0.05, 0.1) is 0 Å². The van der Waals surface area contributed by atoms with E-state index in [1.165, 1.54) is 0 Å². The molecule has 1 heterocycles. The Morgan fingerprint density at radius 1 is 1.57 bits per heavy atom. The lowest BCUT2D eigenvalue weighted by Gasteiger charge is -1.81. The van der Waals surface area contributed by atoms with E-state index in [2.05, 4.69) is 9.50 Å². The second-order valence-electron chi connectivity index (χ2n) is 1.21. The summed E-state index contributed by atoms with van der Waals surface area (Å²) in [4.78, 5) is 0. The Bertz CT molecular complexity index is 136. The highest BCUT2D eigenvalue weighted by atomic mass is 32.2. The van der Waals surface area contributed by atoms with Crippen LogP contribution in [-0.4, -0.2) is 21.0 Å². The Morgan fingerprint density at radius 2 is 2.29 bits per heavy atom. The first-order chi connectivity index (χ1) is 3.21. The molecule has 0 unspecified atom stereocenters. The van der Waals surface area contributed by atoms with E-state index in [1.807, 2.05) is 0 Å². The average Bonchev–Trinajstić information content (AvgIpc) is 1.84. The van der Waals surface area contributed by atoms with Crippen molar-refractivity contribution < 1.29 is 12.6 Å². The normalized spacial score (nSPS) is 28.0. The predicted molar refractivity (Wildman–Crippen MR) is 22.9 cm³/mol. The summed E-state index contributed by atoms with van der Waals surface area (Å²) in [5.74, 6) is -0.0486. The van der Waals surface area contributed by atoms with Crippen LogP contribution in [-0.2, 0) is 14.3 Å². The van der Waals surface area contributed by atoms with Gasteiger partial charge in [0.2, 0.25) is 0 Å². The third-order valence-corrected chi connectivity index (χ3v) is 1.65. The van der Waals surface area contributed by atoms with Crippen molar-refractivity contribution in [2.75, 3.05) is 12.6 Å². The van der Waals surface area contributed by atoms with E-state index in [-0.39, 0.29) is 12.6 Å². The van der Waals surface area contributed by atoms with Crippen molar-refractivity contribution in [1.82, 2.24) is 5.32 Å². The zero-order chi connectivity index (χ0) is 5.33. The van der Waals surface area contributed by atoms with Gasteiger partial charge < -0.3 is 0 Å². The zero-order valence-electron chi connectivity index (χ0n) is 3.55. The summed E-state index contributed by atoms with van der Waals surface area (Å²) < 4.78 is 24.5. The fourth-order valence-corrected chi connectivity index (χ4v) is 1.02. The highest BCUT2D eigenvalue weighted by Gasteiger charge is 2.15. The van der Waals surface area contributed by atoms with Crippen molar-refractivity contribution in [3.63, 3.8) is 0 Å². The Kier molecular flexibility index (Phi) is 1.02. The van der Waals surface area contributed by atoms with Crippen molar-refractivity contribution in [2.24, 2.45) is 0 Å². The molecule has 1 rings (SSSR count). The summed E-state index contributed by atoms with van der Waals surface area (Å²) in [5, 5.41) is 2.50. The van der Waals surface area contributed by atoms with Crippen molar-refractivity contribution in [1.29, 1.82) is 0 Å². The minimum absolute atomic E-state index is 0.0486. The SMILES string of the molecule is O=S1(=O)CNCO1. The van der Waals surface area contributed by atoms with Gasteiger partial charge in [0, 0.05) is 0 Å². The molecule has 4 nitrogen and oxygen atoms in total. The maximum atomic E-state index is 10.1. The molecule has 0 atom stereocenters. The molecule has 42 valence electrons. The Morgan fingerprint density at radius 3 is 2.43 bits per heavy atom. The quantitative estimate of drug-likeness (QED) is 0.413. The fraction of sp³-hybridized carbons (Fsp3) is 1.00. The Labute approximate surface area is 41.6 Å². The number of rotatable bonds is 0. The first-order valence-electron chi connectivity index (χ1n) is 1.78. The number of hydrogen-bond donors (Lipinski definition) is 1. The molecule has 0 amide bonds. The lowest BCUT2D eigenvalue weighted by molar-refractivity contribution is 0.338. The molecule has 1 saturated heterocycles. The zero-order valence-corrected chi connectivity index (χ0v) is 4.36. The molecule has 0 aromatic carbocycles. The molecule has 0 aromatic heterocycles. The molecule has 0 radical (unpaired) electrons. The second kappa shape index (κ2) is 1.43. The maximum Gasteiger partial charge on any atom is 0.281 e. The third kappa shape index (κ3) is 1.12. The van der Waals surface area contributed by atoms with Gasteiger partial charge in [-0.1, -0.05) is 0 Å². The van der Waals surface area contributed by atoms with Gasteiger partial charge in [0.1, 0.15) is 12.6 Å². The summed E-state index contributed by atoms with van der Waals surface area (Å²) in [6, 6.07) is 0. The van der Waals surface area contributed by atoms with Crippen LogP contribution < -0.4 is 5.32 Å².